The lowest BCUT2D eigenvalue weighted by Gasteiger charge is -1.97. The molecule has 0 aliphatic heterocycles. The molecule has 72 valence electrons. The van der Waals surface area contributed by atoms with Gasteiger partial charge in [-0.2, -0.15) is 0 Å². The van der Waals surface area contributed by atoms with Crippen LogP contribution in [0.25, 0.3) is 0 Å². The Labute approximate surface area is 80.5 Å². The Kier molecular flexibility index (Phi) is 3.17. The summed E-state index contributed by atoms with van der Waals surface area (Å²) in [5.41, 5.74) is 0.419. The molecule has 0 aliphatic carbocycles. The molecule has 1 rings (SSSR count). The van der Waals surface area contributed by atoms with Crippen LogP contribution in [0, 0.1) is 16.5 Å². The second kappa shape index (κ2) is 4.36. The molecule has 0 amide bonds. The third-order valence-corrected chi connectivity index (χ3v) is 1.51. The number of nitrogens with zero attached hydrogens (tertiary/aromatic N) is 1. The monoisotopic (exact) mass is 193 g/mol. The fraction of sp³-hybridized carbons (Fsp3) is 0.111. The van der Waals surface area contributed by atoms with Crippen molar-refractivity contribution in [1.82, 2.24) is 0 Å². The molecule has 0 spiro atoms. The SMILES string of the molecule is COC(=O)[C]c1ccc([N+](=O)[O-])cc1. The van der Waals surface area contributed by atoms with Crippen molar-refractivity contribution in [3.05, 3.63) is 46.4 Å². The first-order valence-corrected chi connectivity index (χ1v) is 3.73. The second-order valence-corrected chi connectivity index (χ2v) is 2.42. The first-order valence-electron chi connectivity index (χ1n) is 3.73. The Morgan fingerprint density at radius 3 is 2.43 bits per heavy atom. The largest absolute Gasteiger partial charge is 0.468 e. The molecule has 0 aromatic heterocycles. The summed E-state index contributed by atoms with van der Waals surface area (Å²) in [6, 6.07) is 5.45. The van der Waals surface area contributed by atoms with E-state index in [1.165, 1.54) is 31.4 Å². The van der Waals surface area contributed by atoms with Gasteiger partial charge >= 0.3 is 5.97 Å². The number of non-ortho nitro benzene ring substituents is 1. The zero-order valence-corrected chi connectivity index (χ0v) is 7.39. The van der Waals surface area contributed by atoms with E-state index in [4.69, 9.17) is 0 Å². The zero-order chi connectivity index (χ0) is 10.6. The van der Waals surface area contributed by atoms with E-state index in [-0.39, 0.29) is 5.69 Å². The summed E-state index contributed by atoms with van der Waals surface area (Å²) in [7, 11) is 1.24. The maximum absolute atomic E-state index is 10.7. The van der Waals surface area contributed by atoms with Crippen molar-refractivity contribution < 1.29 is 14.5 Å². The average Bonchev–Trinajstić information content (AvgIpc) is 2.18. The van der Waals surface area contributed by atoms with Crippen LogP contribution in [0.2, 0.25) is 0 Å². The fourth-order valence-electron chi connectivity index (χ4n) is 0.835. The Bertz CT molecular complexity index is 344. The highest BCUT2D eigenvalue weighted by Gasteiger charge is 2.07. The van der Waals surface area contributed by atoms with E-state index in [1.54, 1.807) is 0 Å². The second-order valence-electron chi connectivity index (χ2n) is 2.42. The minimum absolute atomic E-state index is 0.0274. The van der Waals surface area contributed by atoms with Crippen LogP contribution in [0.1, 0.15) is 5.56 Å². The molecule has 5 nitrogen and oxygen atoms in total. The minimum atomic E-state index is -0.612. The van der Waals surface area contributed by atoms with Gasteiger partial charge in [-0.1, -0.05) is 12.1 Å². The summed E-state index contributed by atoms with van der Waals surface area (Å²) in [6.07, 6.45) is 2.37. The van der Waals surface area contributed by atoms with Gasteiger partial charge in [0, 0.05) is 12.1 Å². The van der Waals surface area contributed by atoms with Crippen molar-refractivity contribution in [2.45, 2.75) is 0 Å². The summed E-state index contributed by atoms with van der Waals surface area (Å²) >= 11 is 0. The predicted octanol–water partition coefficient (Wildman–Crippen LogP) is 1.20. The highest BCUT2D eigenvalue weighted by Crippen LogP contribution is 2.13. The van der Waals surface area contributed by atoms with Gasteiger partial charge in [0.05, 0.1) is 12.0 Å². The number of hydrogen-bond donors (Lipinski definition) is 0. The van der Waals surface area contributed by atoms with E-state index in [0.29, 0.717) is 5.56 Å². The molecule has 0 heterocycles. The number of carbonyl (C=O) groups is 1. The van der Waals surface area contributed by atoms with Crippen LogP contribution in [0.15, 0.2) is 24.3 Å². The van der Waals surface area contributed by atoms with Crippen molar-refractivity contribution >= 4 is 11.7 Å². The van der Waals surface area contributed by atoms with Gasteiger partial charge in [-0.15, -0.1) is 0 Å². The highest BCUT2D eigenvalue weighted by atomic mass is 16.6. The minimum Gasteiger partial charge on any atom is -0.468 e. The van der Waals surface area contributed by atoms with Crippen molar-refractivity contribution in [2.75, 3.05) is 7.11 Å². The van der Waals surface area contributed by atoms with E-state index < -0.39 is 10.9 Å². The predicted molar refractivity (Wildman–Crippen MR) is 47.5 cm³/mol. The lowest BCUT2D eigenvalue weighted by atomic mass is 10.1. The standard InChI is InChI=1S/C9H7NO4/c1-14-9(11)6-7-2-4-8(5-3-7)10(12)13/h2-5H,1H3. The first-order chi connectivity index (χ1) is 6.63. The molecular weight excluding hydrogens is 186 g/mol. The molecule has 0 saturated carbocycles. The fourth-order valence-corrected chi connectivity index (χ4v) is 0.835. The van der Waals surface area contributed by atoms with Gasteiger partial charge in [0.15, 0.2) is 0 Å². The van der Waals surface area contributed by atoms with E-state index in [0.717, 1.165) is 0 Å². The molecule has 0 saturated heterocycles. The van der Waals surface area contributed by atoms with Crippen LogP contribution < -0.4 is 0 Å². The number of hydrogen-bond acceptors (Lipinski definition) is 4. The number of methoxy groups -OCH3 is 1. The normalized spacial score (nSPS) is 9.50. The lowest BCUT2D eigenvalue weighted by molar-refractivity contribution is -0.384. The van der Waals surface area contributed by atoms with Gasteiger partial charge in [0.1, 0.15) is 6.42 Å². The van der Waals surface area contributed by atoms with Crippen molar-refractivity contribution in [1.29, 1.82) is 0 Å². The van der Waals surface area contributed by atoms with Crippen LogP contribution in [0.4, 0.5) is 5.69 Å². The molecule has 0 unspecified atom stereocenters. The van der Waals surface area contributed by atoms with Crippen molar-refractivity contribution in [3.63, 3.8) is 0 Å². The summed E-state index contributed by atoms with van der Waals surface area (Å²) in [6.45, 7) is 0. The Hall–Kier alpha value is -1.91. The third kappa shape index (κ3) is 2.55. The summed E-state index contributed by atoms with van der Waals surface area (Å²) < 4.78 is 4.35. The maximum atomic E-state index is 10.7. The van der Waals surface area contributed by atoms with Gasteiger partial charge in [-0.3, -0.25) is 14.9 Å². The lowest BCUT2D eigenvalue weighted by Crippen LogP contribution is -2.01. The third-order valence-electron chi connectivity index (χ3n) is 1.51. The first kappa shape index (κ1) is 10.2. The highest BCUT2D eigenvalue weighted by molar-refractivity contribution is 5.83. The summed E-state index contributed by atoms with van der Waals surface area (Å²) in [5, 5.41) is 10.3. The van der Waals surface area contributed by atoms with Crippen LogP contribution in [0.3, 0.4) is 0 Å². The topological polar surface area (TPSA) is 69.4 Å². The van der Waals surface area contributed by atoms with Gasteiger partial charge in [-0.25, -0.2) is 0 Å². The number of nitro benzene ring substituents is 1. The molecule has 0 bridgehead atoms. The number of rotatable bonds is 3. The molecule has 0 atom stereocenters. The summed E-state index contributed by atoms with van der Waals surface area (Å²) in [4.78, 5) is 20.5. The molecule has 1 aromatic carbocycles. The maximum Gasteiger partial charge on any atom is 0.319 e. The number of benzene rings is 1. The average molecular weight is 193 g/mol. The molecule has 0 N–H and O–H groups in total. The Morgan fingerprint density at radius 1 is 1.43 bits per heavy atom. The molecular formula is C9H7NO4. The number of nitro groups is 1. The number of ether oxygens (including phenoxy) is 1. The molecule has 14 heavy (non-hydrogen) atoms. The molecule has 0 aliphatic rings. The zero-order valence-electron chi connectivity index (χ0n) is 7.39. The molecule has 0 fully saturated rings. The quantitative estimate of drug-likeness (QED) is 0.411. The van der Waals surface area contributed by atoms with Crippen LogP contribution in [-0.2, 0) is 9.53 Å². The Morgan fingerprint density at radius 2 is 2.00 bits per heavy atom. The van der Waals surface area contributed by atoms with Gasteiger partial charge in [-0.05, 0) is 5.56 Å². The van der Waals surface area contributed by atoms with Crippen LogP contribution in [-0.4, -0.2) is 18.0 Å². The Balaban J connectivity index is 2.73. The van der Waals surface area contributed by atoms with E-state index in [2.05, 4.69) is 11.2 Å². The van der Waals surface area contributed by atoms with Crippen molar-refractivity contribution in [2.24, 2.45) is 0 Å². The van der Waals surface area contributed by atoms with E-state index >= 15 is 0 Å². The van der Waals surface area contributed by atoms with Gasteiger partial charge < -0.3 is 4.74 Å². The van der Waals surface area contributed by atoms with Crippen LogP contribution >= 0.6 is 0 Å². The van der Waals surface area contributed by atoms with E-state index in [1.807, 2.05) is 0 Å². The molecule has 5 heteroatoms. The number of esters is 1. The smallest absolute Gasteiger partial charge is 0.319 e. The number of carbonyl (C=O) groups excluding carboxylic acids is 1. The molecule has 2 radical (unpaired) electrons. The van der Waals surface area contributed by atoms with Gasteiger partial charge in [0.2, 0.25) is 0 Å². The molecule has 1 aromatic rings. The van der Waals surface area contributed by atoms with Crippen LogP contribution in [0.5, 0.6) is 0 Å². The van der Waals surface area contributed by atoms with E-state index in [9.17, 15) is 14.9 Å². The van der Waals surface area contributed by atoms with Gasteiger partial charge in [0.25, 0.3) is 5.69 Å². The van der Waals surface area contributed by atoms with Crippen molar-refractivity contribution in [3.8, 4) is 0 Å². The summed E-state index contributed by atoms with van der Waals surface area (Å²) in [5.74, 6) is -0.612.